The first kappa shape index (κ1) is 24.2. The second-order valence-electron chi connectivity index (χ2n) is 8.01. The van der Waals surface area contributed by atoms with Gasteiger partial charge in [-0.1, -0.05) is 26.0 Å². The number of aromatic nitrogens is 2. The highest BCUT2D eigenvalue weighted by Crippen LogP contribution is 2.40. The van der Waals surface area contributed by atoms with E-state index in [9.17, 15) is 33.0 Å². The summed E-state index contributed by atoms with van der Waals surface area (Å²) in [5, 5.41) is 19.4. The molecule has 2 rings (SSSR count). The number of halogens is 3. The van der Waals surface area contributed by atoms with Gasteiger partial charge in [-0.2, -0.15) is 13.2 Å². The third kappa shape index (κ3) is 4.67. The van der Waals surface area contributed by atoms with E-state index in [1.807, 2.05) is 0 Å². The highest BCUT2D eigenvalue weighted by molar-refractivity contribution is 5.99. The van der Waals surface area contributed by atoms with Crippen LogP contribution in [0.1, 0.15) is 41.9 Å². The number of rotatable bonds is 7. The molecule has 1 aromatic heterocycles. The van der Waals surface area contributed by atoms with E-state index >= 15 is 0 Å². The molecular formula is C20H23F3N4O4. The molecule has 0 aliphatic rings. The number of nitrogens with two attached hydrogens (primary N) is 2. The zero-order valence-electron chi connectivity index (χ0n) is 17.1. The van der Waals surface area contributed by atoms with Crippen LogP contribution in [0.5, 0.6) is 0 Å². The number of benzene rings is 1. The number of aryl methyl sites for hydroxylation is 1. The third-order valence-electron chi connectivity index (χ3n) is 4.83. The summed E-state index contributed by atoms with van der Waals surface area (Å²) < 4.78 is 40.3. The number of alkyl halides is 3. The van der Waals surface area contributed by atoms with E-state index in [1.165, 1.54) is 6.07 Å². The number of aliphatic hydroxyl groups excluding tert-OH is 1. The first-order chi connectivity index (χ1) is 14.1. The van der Waals surface area contributed by atoms with Crippen LogP contribution in [0.25, 0.3) is 11.3 Å². The van der Waals surface area contributed by atoms with Gasteiger partial charge in [-0.15, -0.1) is 0 Å². The quantitative estimate of drug-likeness (QED) is 0.480. The van der Waals surface area contributed by atoms with E-state index in [-0.39, 0.29) is 35.8 Å². The Kier molecular flexibility index (Phi) is 6.43. The molecule has 0 fully saturated rings. The lowest BCUT2D eigenvalue weighted by Crippen LogP contribution is -2.52. The largest absolute Gasteiger partial charge is 0.430 e. The first-order valence-electron chi connectivity index (χ1n) is 9.11. The summed E-state index contributed by atoms with van der Waals surface area (Å²) in [5.74, 6) is -2.68. The number of Topliss-reactive ketones (excluding diaryl/α,β-unsaturated/α-hetero) is 1. The highest BCUT2D eigenvalue weighted by Gasteiger charge is 2.60. The van der Waals surface area contributed by atoms with Gasteiger partial charge in [0.15, 0.2) is 11.6 Å². The summed E-state index contributed by atoms with van der Waals surface area (Å²) in [4.78, 5) is 32.2. The van der Waals surface area contributed by atoms with E-state index in [4.69, 9.17) is 11.5 Å². The number of carbonyl (C=O) groups excluding carboxylic acids is 2. The molecule has 0 aliphatic heterocycles. The molecule has 0 saturated carbocycles. The molecule has 0 saturated heterocycles. The van der Waals surface area contributed by atoms with Gasteiger partial charge in [0.1, 0.15) is 5.69 Å². The number of anilines is 1. The predicted octanol–water partition coefficient (Wildman–Crippen LogP) is 1.86. The molecule has 1 unspecified atom stereocenters. The van der Waals surface area contributed by atoms with Crippen LogP contribution in [0.3, 0.4) is 0 Å². The van der Waals surface area contributed by atoms with Gasteiger partial charge in [-0.25, -0.2) is 9.97 Å². The summed E-state index contributed by atoms with van der Waals surface area (Å²) in [6, 6.07) is 3.09. The Morgan fingerprint density at radius 1 is 1.19 bits per heavy atom. The van der Waals surface area contributed by atoms with Crippen molar-refractivity contribution in [2.75, 3.05) is 12.3 Å². The van der Waals surface area contributed by atoms with Gasteiger partial charge < -0.3 is 21.7 Å². The SMILES string of the molecule is Cc1ccc(C(O)(C(N)=O)C(F)(F)F)cc1-c1cnc(N)c(C(=O)CC(C)(C)CO)n1. The number of nitrogens with zero attached hydrogens (tertiary/aromatic N) is 2. The summed E-state index contributed by atoms with van der Waals surface area (Å²) >= 11 is 0. The van der Waals surface area contributed by atoms with Crippen molar-refractivity contribution in [3.8, 4) is 11.3 Å². The van der Waals surface area contributed by atoms with Crippen LogP contribution >= 0.6 is 0 Å². The van der Waals surface area contributed by atoms with Crippen LogP contribution in [-0.2, 0) is 10.4 Å². The standard InChI is InChI=1S/C20H23F3N4O4/c1-10-4-5-11(19(31,17(25)30)20(21,22)23)6-12(10)13-8-26-16(24)15(27-13)14(29)7-18(2,3)9-28/h4-6,8,28,31H,7,9H2,1-3H3,(H2,24,26)(H2,25,30). The van der Waals surface area contributed by atoms with Crippen molar-refractivity contribution < 1.29 is 33.0 Å². The van der Waals surface area contributed by atoms with Gasteiger partial charge in [0.25, 0.3) is 11.5 Å². The topological polar surface area (TPSA) is 152 Å². The maximum atomic E-state index is 13.4. The number of nitrogen functional groups attached to an aromatic ring is 1. The molecule has 2 aromatic rings. The minimum atomic E-state index is -5.37. The monoisotopic (exact) mass is 440 g/mol. The molecule has 1 aromatic carbocycles. The average Bonchev–Trinajstić information content (AvgIpc) is 2.66. The van der Waals surface area contributed by atoms with Crippen molar-refractivity contribution in [3.63, 3.8) is 0 Å². The van der Waals surface area contributed by atoms with Crippen molar-refractivity contribution >= 4 is 17.5 Å². The van der Waals surface area contributed by atoms with Crippen molar-refractivity contribution in [3.05, 3.63) is 41.2 Å². The molecule has 1 amide bonds. The fraction of sp³-hybridized carbons (Fsp3) is 0.400. The molecule has 0 radical (unpaired) electrons. The van der Waals surface area contributed by atoms with Gasteiger partial charge in [0.2, 0.25) is 0 Å². The van der Waals surface area contributed by atoms with Crippen molar-refractivity contribution in [2.24, 2.45) is 11.1 Å². The number of hydrogen-bond donors (Lipinski definition) is 4. The molecular weight excluding hydrogens is 417 g/mol. The van der Waals surface area contributed by atoms with Crippen LogP contribution in [0.15, 0.2) is 24.4 Å². The fourth-order valence-electron chi connectivity index (χ4n) is 2.88. The molecule has 0 aliphatic carbocycles. The molecule has 8 nitrogen and oxygen atoms in total. The lowest BCUT2D eigenvalue weighted by molar-refractivity contribution is -0.255. The molecule has 31 heavy (non-hydrogen) atoms. The van der Waals surface area contributed by atoms with Crippen LogP contribution in [0, 0.1) is 12.3 Å². The van der Waals surface area contributed by atoms with E-state index in [1.54, 1.807) is 20.8 Å². The third-order valence-corrected chi connectivity index (χ3v) is 4.83. The van der Waals surface area contributed by atoms with Crippen molar-refractivity contribution in [1.82, 2.24) is 9.97 Å². The van der Waals surface area contributed by atoms with Crippen molar-refractivity contribution in [1.29, 1.82) is 0 Å². The minimum absolute atomic E-state index is 0.00713. The van der Waals surface area contributed by atoms with E-state index in [2.05, 4.69) is 9.97 Å². The normalized spacial score (nSPS) is 14.2. The van der Waals surface area contributed by atoms with Crippen LogP contribution in [-0.4, -0.2) is 44.7 Å². The molecule has 0 bridgehead atoms. The molecule has 168 valence electrons. The Hall–Kier alpha value is -3.05. The van der Waals surface area contributed by atoms with Crippen molar-refractivity contribution in [2.45, 2.75) is 39.0 Å². The van der Waals surface area contributed by atoms with Gasteiger partial charge in [0, 0.05) is 24.2 Å². The second kappa shape index (κ2) is 8.23. The molecule has 1 heterocycles. The number of amides is 1. The van der Waals surface area contributed by atoms with Crippen LogP contribution in [0.4, 0.5) is 19.0 Å². The summed E-state index contributed by atoms with van der Waals surface area (Å²) in [6.07, 6.45) is -4.30. The molecule has 11 heteroatoms. The molecule has 1 atom stereocenters. The maximum Gasteiger partial charge on any atom is 0.430 e. The van der Waals surface area contributed by atoms with E-state index in [0.717, 1.165) is 18.3 Å². The summed E-state index contributed by atoms with van der Waals surface area (Å²) in [5.41, 5.74) is 5.47. The van der Waals surface area contributed by atoms with Gasteiger partial charge in [-0.3, -0.25) is 9.59 Å². The summed E-state index contributed by atoms with van der Waals surface area (Å²) in [7, 11) is 0. The number of primary amides is 1. The van der Waals surface area contributed by atoms with Crippen LogP contribution < -0.4 is 11.5 Å². The Balaban J connectivity index is 2.61. The number of carbonyl (C=O) groups is 2. The lowest BCUT2D eigenvalue weighted by atomic mass is 9.87. The zero-order chi connectivity index (χ0) is 23.8. The average molecular weight is 440 g/mol. The Bertz CT molecular complexity index is 1020. The fourth-order valence-corrected chi connectivity index (χ4v) is 2.88. The van der Waals surface area contributed by atoms with E-state index in [0.29, 0.717) is 5.56 Å². The summed E-state index contributed by atoms with van der Waals surface area (Å²) in [6.45, 7) is 4.61. The van der Waals surface area contributed by atoms with Crippen LogP contribution in [0.2, 0.25) is 0 Å². The zero-order valence-corrected chi connectivity index (χ0v) is 17.1. The minimum Gasteiger partial charge on any atom is -0.396 e. The lowest BCUT2D eigenvalue weighted by Gasteiger charge is -2.28. The first-order valence-corrected chi connectivity index (χ1v) is 9.11. The van der Waals surface area contributed by atoms with Gasteiger partial charge in [-0.05, 0) is 24.0 Å². The van der Waals surface area contributed by atoms with Gasteiger partial charge >= 0.3 is 6.18 Å². The number of hydrogen-bond acceptors (Lipinski definition) is 7. The maximum absolute atomic E-state index is 13.4. The molecule has 6 N–H and O–H groups in total. The highest BCUT2D eigenvalue weighted by atomic mass is 19.4. The Morgan fingerprint density at radius 2 is 1.81 bits per heavy atom. The number of ketones is 1. The van der Waals surface area contributed by atoms with Gasteiger partial charge in [0.05, 0.1) is 11.9 Å². The Labute approximate surface area is 176 Å². The predicted molar refractivity (Wildman–Crippen MR) is 106 cm³/mol. The Morgan fingerprint density at radius 3 is 2.32 bits per heavy atom. The second-order valence-corrected chi connectivity index (χ2v) is 8.01. The van der Waals surface area contributed by atoms with E-state index < -0.39 is 34.4 Å². The number of aliphatic hydroxyl groups is 2. The smallest absolute Gasteiger partial charge is 0.396 e. The molecule has 0 spiro atoms.